The standard InChI is InChI=1S/C16H30N4O.HI/c1-13-7-6-10-20(12-13)16(17-2)18-11-15(21)19-14-8-4-3-5-9-14;/h13-14H,3-12H2,1-2H3,(H,17,18)(H,19,21);1H. The van der Waals surface area contributed by atoms with Crippen molar-refractivity contribution in [2.75, 3.05) is 26.7 Å². The Balaban J connectivity index is 0.00000242. The summed E-state index contributed by atoms with van der Waals surface area (Å²) in [7, 11) is 1.79. The van der Waals surface area contributed by atoms with Crippen molar-refractivity contribution in [1.82, 2.24) is 15.5 Å². The van der Waals surface area contributed by atoms with Crippen molar-refractivity contribution in [2.24, 2.45) is 10.9 Å². The predicted octanol–water partition coefficient (Wildman–Crippen LogP) is 2.36. The summed E-state index contributed by atoms with van der Waals surface area (Å²) >= 11 is 0. The van der Waals surface area contributed by atoms with Crippen LogP contribution in [-0.4, -0.2) is 49.5 Å². The Morgan fingerprint density at radius 3 is 2.55 bits per heavy atom. The Labute approximate surface area is 151 Å². The Hall–Kier alpha value is -0.530. The molecule has 128 valence electrons. The van der Waals surface area contributed by atoms with Gasteiger partial charge in [0.05, 0.1) is 6.54 Å². The van der Waals surface area contributed by atoms with Crippen molar-refractivity contribution >= 4 is 35.8 Å². The third-order valence-electron chi connectivity index (χ3n) is 4.55. The lowest BCUT2D eigenvalue weighted by Gasteiger charge is -2.33. The number of hydrogen-bond acceptors (Lipinski definition) is 2. The van der Waals surface area contributed by atoms with E-state index in [1.165, 1.54) is 32.1 Å². The summed E-state index contributed by atoms with van der Waals surface area (Å²) in [6.07, 6.45) is 8.54. The van der Waals surface area contributed by atoms with Gasteiger partial charge in [-0.15, -0.1) is 24.0 Å². The normalized spacial score (nSPS) is 23.6. The summed E-state index contributed by atoms with van der Waals surface area (Å²) in [4.78, 5) is 18.6. The highest BCUT2D eigenvalue weighted by Crippen LogP contribution is 2.17. The van der Waals surface area contributed by atoms with Gasteiger partial charge >= 0.3 is 0 Å². The van der Waals surface area contributed by atoms with Gasteiger partial charge in [-0.25, -0.2) is 0 Å². The van der Waals surface area contributed by atoms with Gasteiger partial charge in [0.15, 0.2) is 5.96 Å². The zero-order valence-corrected chi connectivity index (χ0v) is 16.3. The number of hydrogen-bond donors (Lipinski definition) is 2. The van der Waals surface area contributed by atoms with E-state index in [-0.39, 0.29) is 29.9 Å². The number of guanidine groups is 1. The molecule has 5 nitrogen and oxygen atoms in total. The number of carbonyl (C=O) groups is 1. The number of aliphatic imine (C=N–C) groups is 1. The molecule has 2 fully saturated rings. The second kappa shape index (κ2) is 10.3. The lowest BCUT2D eigenvalue weighted by molar-refractivity contribution is -0.120. The van der Waals surface area contributed by atoms with Crippen LogP contribution < -0.4 is 10.6 Å². The maximum atomic E-state index is 12.0. The third-order valence-corrected chi connectivity index (χ3v) is 4.55. The van der Waals surface area contributed by atoms with Crippen LogP contribution in [0.1, 0.15) is 51.9 Å². The number of nitrogens with one attached hydrogen (secondary N) is 2. The Morgan fingerprint density at radius 2 is 1.91 bits per heavy atom. The molecule has 1 unspecified atom stereocenters. The molecule has 22 heavy (non-hydrogen) atoms. The first-order valence-electron chi connectivity index (χ1n) is 8.44. The molecule has 1 saturated heterocycles. The van der Waals surface area contributed by atoms with Crippen LogP contribution in [0.5, 0.6) is 0 Å². The molecule has 0 aromatic carbocycles. The predicted molar refractivity (Wildman–Crippen MR) is 102 cm³/mol. The van der Waals surface area contributed by atoms with Crippen LogP contribution in [-0.2, 0) is 4.79 Å². The second-order valence-electron chi connectivity index (χ2n) is 6.50. The van der Waals surface area contributed by atoms with Gasteiger partial charge in [0.1, 0.15) is 0 Å². The van der Waals surface area contributed by atoms with E-state index < -0.39 is 0 Å². The zero-order valence-electron chi connectivity index (χ0n) is 13.9. The summed E-state index contributed by atoms with van der Waals surface area (Å²) in [6, 6.07) is 0.380. The highest BCUT2D eigenvalue weighted by atomic mass is 127. The van der Waals surface area contributed by atoms with Crippen LogP contribution >= 0.6 is 24.0 Å². The molecule has 1 atom stereocenters. The summed E-state index contributed by atoms with van der Waals surface area (Å²) < 4.78 is 0. The van der Waals surface area contributed by atoms with E-state index in [4.69, 9.17) is 0 Å². The summed E-state index contributed by atoms with van der Waals surface area (Å²) in [6.45, 7) is 4.67. The topological polar surface area (TPSA) is 56.7 Å². The molecule has 2 rings (SSSR count). The summed E-state index contributed by atoms with van der Waals surface area (Å²) in [5, 5.41) is 6.35. The summed E-state index contributed by atoms with van der Waals surface area (Å²) in [5.41, 5.74) is 0. The van der Waals surface area contributed by atoms with Crippen LogP contribution in [0.2, 0.25) is 0 Å². The van der Waals surface area contributed by atoms with Gasteiger partial charge in [-0.3, -0.25) is 9.79 Å². The molecule has 0 aromatic rings. The monoisotopic (exact) mass is 422 g/mol. The molecule has 2 N–H and O–H groups in total. The largest absolute Gasteiger partial charge is 0.352 e. The van der Waals surface area contributed by atoms with Crippen molar-refractivity contribution in [3.63, 3.8) is 0 Å². The number of carbonyl (C=O) groups excluding carboxylic acids is 1. The maximum absolute atomic E-state index is 12.0. The van der Waals surface area contributed by atoms with E-state index in [0.717, 1.165) is 31.9 Å². The van der Waals surface area contributed by atoms with Crippen LogP contribution in [0, 0.1) is 5.92 Å². The molecular formula is C16H31IN4O. The van der Waals surface area contributed by atoms with Crippen molar-refractivity contribution in [3.05, 3.63) is 0 Å². The molecule has 2 aliphatic rings. The zero-order chi connectivity index (χ0) is 15.1. The molecule has 0 radical (unpaired) electrons. The Kier molecular flexibility index (Phi) is 9.12. The van der Waals surface area contributed by atoms with Gasteiger partial charge in [-0.1, -0.05) is 26.2 Å². The molecule has 1 aliphatic carbocycles. The van der Waals surface area contributed by atoms with Crippen LogP contribution in [0.3, 0.4) is 0 Å². The van der Waals surface area contributed by atoms with E-state index in [0.29, 0.717) is 18.5 Å². The fourth-order valence-corrected chi connectivity index (χ4v) is 3.40. The average molecular weight is 422 g/mol. The maximum Gasteiger partial charge on any atom is 0.239 e. The quantitative estimate of drug-likeness (QED) is 0.417. The first kappa shape index (κ1) is 19.5. The van der Waals surface area contributed by atoms with Crippen molar-refractivity contribution in [3.8, 4) is 0 Å². The summed E-state index contributed by atoms with van der Waals surface area (Å²) in [5.74, 6) is 1.65. The lowest BCUT2D eigenvalue weighted by atomic mass is 9.95. The van der Waals surface area contributed by atoms with E-state index in [9.17, 15) is 4.79 Å². The third kappa shape index (κ3) is 6.30. The molecule has 0 aromatic heterocycles. The van der Waals surface area contributed by atoms with Crippen molar-refractivity contribution in [1.29, 1.82) is 0 Å². The number of nitrogens with zero attached hydrogens (tertiary/aromatic N) is 2. The van der Waals surface area contributed by atoms with E-state index in [2.05, 4.69) is 27.4 Å². The van der Waals surface area contributed by atoms with Gasteiger partial charge in [-0.2, -0.15) is 0 Å². The van der Waals surface area contributed by atoms with E-state index in [1.54, 1.807) is 7.05 Å². The molecule has 1 saturated carbocycles. The van der Waals surface area contributed by atoms with Gasteiger partial charge in [0, 0.05) is 26.2 Å². The highest BCUT2D eigenvalue weighted by Gasteiger charge is 2.20. The first-order chi connectivity index (χ1) is 10.2. The van der Waals surface area contributed by atoms with Gasteiger partial charge in [0.25, 0.3) is 0 Å². The van der Waals surface area contributed by atoms with Gasteiger partial charge in [0.2, 0.25) is 5.91 Å². The minimum Gasteiger partial charge on any atom is -0.352 e. The molecule has 0 bridgehead atoms. The number of rotatable bonds is 3. The number of piperidine rings is 1. The van der Waals surface area contributed by atoms with E-state index >= 15 is 0 Å². The molecule has 1 aliphatic heterocycles. The first-order valence-corrected chi connectivity index (χ1v) is 8.44. The van der Waals surface area contributed by atoms with Gasteiger partial charge < -0.3 is 15.5 Å². The van der Waals surface area contributed by atoms with E-state index in [1.807, 2.05) is 0 Å². The fourth-order valence-electron chi connectivity index (χ4n) is 3.40. The van der Waals surface area contributed by atoms with Crippen LogP contribution in [0.15, 0.2) is 4.99 Å². The SMILES string of the molecule is CN=C(NCC(=O)NC1CCCCC1)N1CCCC(C)C1.I. The number of amides is 1. The molecule has 0 spiro atoms. The Morgan fingerprint density at radius 1 is 1.18 bits per heavy atom. The minimum absolute atomic E-state index is 0. The average Bonchev–Trinajstić information content (AvgIpc) is 2.49. The van der Waals surface area contributed by atoms with Crippen molar-refractivity contribution < 1.29 is 4.79 Å². The fraction of sp³-hybridized carbons (Fsp3) is 0.875. The van der Waals surface area contributed by atoms with Crippen molar-refractivity contribution in [2.45, 2.75) is 57.9 Å². The molecular weight excluding hydrogens is 391 g/mol. The Bertz CT molecular complexity index is 369. The smallest absolute Gasteiger partial charge is 0.239 e. The van der Waals surface area contributed by atoms with Crippen LogP contribution in [0.4, 0.5) is 0 Å². The lowest BCUT2D eigenvalue weighted by Crippen LogP contribution is -2.49. The molecule has 6 heteroatoms. The second-order valence-corrected chi connectivity index (χ2v) is 6.50. The van der Waals surface area contributed by atoms with Gasteiger partial charge in [-0.05, 0) is 31.6 Å². The minimum atomic E-state index is 0. The number of halogens is 1. The van der Waals surface area contributed by atoms with Crippen LogP contribution in [0.25, 0.3) is 0 Å². The molecule has 1 heterocycles. The number of likely N-dealkylation sites (tertiary alicyclic amines) is 1. The molecule has 1 amide bonds. The highest BCUT2D eigenvalue weighted by molar-refractivity contribution is 14.0.